The zero-order valence-corrected chi connectivity index (χ0v) is 19.4. The summed E-state index contributed by atoms with van der Waals surface area (Å²) in [5.41, 5.74) is 3.53. The molecule has 1 saturated carbocycles. The van der Waals surface area contributed by atoms with Crippen molar-refractivity contribution in [2.45, 2.75) is 62.9 Å². The molecule has 3 aliphatic rings. The Kier molecular flexibility index (Phi) is 6.00. The second kappa shape index (κ2) is 9.08. The fraction of sp³-hybridized carbons (Fsp3) is 0.481. The number of amides is 2. The Balaban J connectivity index is 1.62. The maximum absolute atomic E-state index is 13.9. The minimum atomic E-state index is -0.498. The van der Waals surface area contributed by atoms with Crippen LogP contribution in [-0.2, 0) is 11.2 Å². The maximum atomic E-state index is 13.9. The summed E-state index contributed by atoms with van der Waals surface area (Å²) in [5, 5.41) is 3.37. The van der Waals surface area contributed by atoms with Crippen LogP contribution in [-0.4, -0.2) is 43.5 Å². The first-order valence-electron chi connectivity index (χ1n) is 12.1. The van der Waals surface area contributed by atoms with E-state index in [2.05, 4.69) is 17.4 Å². The van der Waals surface area contributed by atoms with Gasteiger partial charge >= 0.3 is 0 Å². The Morgan fingerprint density at radius 3 is 2.39 bits per heavy atom. The molecule has 174 valence electrons. The number of nitrogens with one attached hydrogen (secondary N) is 1. The normalized spacial score (nSPS) is 22.5. The van der Waals surface area contributed by atoms with E-state index in [1.54, 1.807) is 20.3 Å². The molecule has 0 saturated heterocycles. The summed E-state index contributed by atoms with van der Waals surface area (Å²) >= 11 is 0. The first-order chi connectivity index (χ1) is 16.1. The lowest BCUT2D eigenvalue weighted by atomic mass is 9.75. The highest BCUT2D eigenvalue weighted by Crippen LogP contribution is 2.48. The maximum Gasteiger partial charge on any atom is 0.254 e. The summed E-state index contributed by atoms with van der Waals surface area (Å²) in [4.78, 5) is 29.5. The van der Waals surface area contributed by atoms with Crippen LogP contribution in [0.1, 0.15) is 77.5 Å². The molecule has 1 N–H and O–H groups in total. The van der Waals surface area contributed by atoms with Gasteiger partial charge in [0.05, 0.1) is 26.2 Å². The standard InChI is InChI=1S/C27H32N2O4/c1-32-22-15-20-21(16-23(22)33-2)27(31)29-14-13-17-9-7-8-12-19(17)25(29)24(20)26(30)28-18-10-5-3-4-6-11-18/h7-9,12,15-16,18,24-25H,3-6,10-11,13-14H2,1-2H3,(H,28,30)/t24-,25-/m1/s1. The Morgan fingerprint density at radius 1 is 0.970 bits per heavy atom. The van der Waals surface area contributed by atoms with Gasteiger partial charge in [-0.15, -0.1) is 0 Å². The van der Waals surface area contributed by atoms with Crippen LogP contribution in [0.2, 0.25) is 0 Å². The van der Waals surface area contributed by atoms with Crippen molar-refractivity contribution >= 4 is 11.8 Å². The van der Waals surface area contributed by atoms with Gasteiger partial charge in [-0.2, -0.15) is 0 Å². The average Bonchev–Trinajstić information content (AvgIpc) is 3.12. The van der Waals surface area contributed by atoms with Crippen LogP contribution in [0, 0.1) is 0 Å². The average molecular weight is 449 g/mol. The molecule has 0 unspecified atom stereocenters. The predicted octanol–water partition coefficient (Wildman–Crippen LogP) is 4.38. The summed E-state index contributed by atoms with van der Waals surface area (Å²) in [6.45, 7) is 0.599. The van der Waals surface area contributed by atoms with Gasteiger partial charge in [0.1, 0.15) is 0 Å². The lowest BCUT2D eigenvalue weighted by Crippen LogP contribution is -2.51. The van der Waals surface area contributed by atoms with E-state index in [1.807, 2.05) is 23.1 Å². The summed E-state index contributed by atoms with van der Waals surface area (Å²) < 4.78 is 11.0. The van der Waals surface area contributed by atoms with Gasteiger partial charge in [-0.25, -0.2) is 0 Å². The topological polar surface area (TPSA) is 67.9 Å². The van der Waals surface area contributed by atoms with Gasteiger partial charge in [0.25, 0.3) is 5.91 Å². The molecule has 6 heteroatoms. The molecule has 5 rings (SSSR count). The van der Waals surface area contributed by atoms with E-state index in [4.69, 9.17) is 9.47 Å². The number of benzene rings is 2. The third kappa shape index (κ3) is 3.85. The fourth-order valence-corrected chi connectivity index (χ4v) is 5.85. The van der Waals surface area contributed by atoms with Gasteiger partial charge in [0.2, 0.25) is 5.91 Å². The number of carbonyl (C=O) groups is 2. The van der Waals surface area contributed by atoms with Crippen molar-refractivity contribution in [3.8, 4) is 11.5 Å². The molecule has 6 nitrogen and oxygen atoms in total. The third-order valence-electron chi connectivity index (χ3n) is 7.51. The summed E-state index contributed by atoms with van der Waals surface area (Å²) in [7, 11) is 3.14. The van der Waals surface area contributed by atoms with Crippen molar-refractivity contribution in [2.75, 3.05) is 20.8 Å². The Labute approximate surface area is 195 Å². The zero-order chi connectivity index (χ0) is 22.9. The highest BCUT2D eigenvalue weighted by atomic mass is 16.5. The third-order valence-corrected chi connectivity index (χ3v) is 7.51. The van der Waals surface area contributed by atoms with Gasteiger partial charge in [-0.05, 0) is 48.1 Å². The number of fused-ring (bicyclic) bond motifs is 4. The number of hydrogen-bond acceptors (Lipinski definition) is 4. The number of nitrogens with zero attached hydrogens (tertiary/aromatic N) is 1. The Bertz CT molecular complexity index is 1060. The van der Waals surface area contributed by atoms with Crippen LogP contribution in [0.5, 0.6) is 11.5 Å². The van der Waals surface area contributed by atoms with Crippen molar-refractivity contribution in [1.29, 1.82) is 0 Å². The van der Waals surface area contributed by atoms with Crippen molar-refractivity contribution in [2.24, 2.45) is 0 Å². The molecule has 1 aliphatic carbocycles. The molecule has 2 amide bonds. The second-order valence-corrected chi connectivity index (χ2v) is 9.36. The SMILES string of the molecule is COc1cc2c(cc1OC)[C@@H](C(=O)NC1CCCCCC1)[C@H]1c3ccccc3CCN1C2=O. The highest BCUT2D eigenvalue weighted by molar-refractivity contribution is 6.02. The fourth-order valence-electron chi connectivity index (χ4n) is 5.85. The summed E-state index contributed by atoms with van der Waals surface area (Å²) in [5.74, 6) is 0.484. The first kappa shape index (κ1) is 21.8. The smallest absolute Gasteiger partial charge is 0.254 e. The molecule has 2 aromatic rings. The number of methoxy groups -OCH3 is 2. The lowest BCUT2D eigenvalue weighted by Gasteiger charge is -2.45. The molecule has 0 bridgehead atoms. The van der Waals surface area contributed by atoms with Crippen molar-refractivity contribution in [1.82, 2.24) is 10.2 Å². The molecule has 2 aliphatic heterocycles. The lowest BCUT2D eigenvalue weighted by molar-refractivity contribution is -0.125. The van der Waals surface area contributed by atoms with E-state index in [1.165, 1.54) is 18.4 Å². The summed E-state index contributed by atoms with van der Waals surface area (Å²) in [6, 6.07) is 11.6. The van der Waals surface area contributed by atoms with E-state index < -0.39 is 5.92 Å². The van der Waals surface area contributed by atoms with Crippen molar-refractivity contribution in [3.05, 3.63) is 58.7 Å². The van der Waals surface area contributed by atoms with Crippen molar-refractivity contribution < 1.29 is 19.1 Å². The number of ether oxygens (including phenoxy) is 2. The molecule has 2 atom stereocenters. The molecular formula is C27H32N2O4. The molecule has 33 heavy (non-hydrogen) atoms. The van der Waals surface area contributed by atoms with E-state index in [-0.39, 0.29) is 23.9 Å². The summed E-state index contributed by atoms with van der Waals surface area (Å²) in [6.07, 6.45) is 7.57. The highest BCUT2D eigenvalue weighted by Gasteiger charge is 2.47. The van der Waals surface area contributed by atoms with Gasteiger partial charge in [-0.1, -0.05) is 49.9 Å². The molecule has 0 aromatic heterocycles. The van der Waals surface area contributed by atoms with Crippen LogP contribution in [0.3, 0.4) is 0 Å². The van der Waals surface area contributed by atoms with Crippen LogP contribution in [0.15, 0.2) is 36.4 Å². The number of carbonyl (C=O) groups excluding carboxylic acids is 2. The molecule has 1 fully saturated rings. The zero-order valence-electron chi connectivity index (χ0n) is 19.4. The number of hydrogen-bond donors (Lipinski definition) is 1. The van der Waals surface area contributed by atoms with E-state index in [0.717, 1.165) is 43.2 Å². The molecule has 2 heterocycles. The van der Waals surface area contributed by atoms with Crippen LogP contribution in [0.4, 0.5) is 0 Å². The van der Waals surface area contributed by atoms with Crippen molar-refractivity contribution in [3.63, 3.8) is 0 Å². The number of rotatable bonds is 4. The van der Waals surface area contributed by atoms with Gasteiger partial charge < -0.3 is 19.7 Å². The first-order valence-corrected chi connectivity index (χ1v) is 12.1. The van der Waals surface area contributed by atoms with E-state index in [0.29, 0.717) is 23.6 Å². The molecule has 0 spiro atoms. The monoisotopic (exact) mass is 448 g/mol. The van der Waals surface area contributed by atoms with Gasteiger partial charge in [-0.3, -0.25) is 9.59 Å². The molecular weight excluding hydrogens is 416 g/mol. The quantitative estimate of drug-likeness (QED) is 0.705. The predicted molar refractivity (Wildman–Crippen MR) is 126 cm³/mol. The second-order valence-electron chi connectivity index (χ2n) is 9.36. The minimum absolute atomic E-state index is 0.00503. The van der Waals surface area contributed by atoms with Gasteiger partial charge in [0.15, 0.2) is 11.5 Å². The van der Waals surface area contributed by atoms with Crippen LogP contribution < -0.4 is 14.8 Å². The van der Waals surface area contributed by atoms with Gasteiger partial charge in [0, 0.05) is 18.2 Å². The van der Waals surface area contributed by atoms with Crippen LogP contribution in [0.25, 0.3) is 0 Å². The Hall–Kier alpha value is -3.02. The largest absolute Gasteiger partial charge is 0.493 e. The minimum Gasteiger partial charge on any atom is -0.493 e. The molecule has 0 radical (unpaired) electrons. The van der Waals surface area contributed by atoms with E-state index in [9.17, 15) is 9.59 Å². The molecule has 2 aromatic carbocycles. The van der Waals surface area contributed by atoms with Crippen LogP contribution >= 0.6 is 0 Å². The Morgan fingerprint density at radius 2 is 1.67 bits per heavy atom. The van der Waals surface area contributed by atoms with E-state index >= 15 is 0 Å².